The lowest BCUT2D eigenvalue weighted by molar-refractivity contribution is -0.137. The minimum atomic E-state index is -0.0433. The third-order valence-electron chi connectivity index (χ3n) is 5.03. The smallest absolute Gasteiger partial charge is 0.238 e. The molecule has 0 aromatic heterocycles. The average Bonchev–Trinajstić information content (AvgIpc) is 2.67. The summed E-state index contributed by atoms with van der Waals surface area (Å²) in [6.07, 6.45) is 0. The van der Waals surface area contributed by atoms with Crippen LogP contribution in [0.5, 0.6) is 0 Å². The van der Waals surface area contributed by atoms with Gasteiger partial charge in [0, 0.05) is 50.0 Å². The van der Waals surface area contributed by atoms with Crippen LogP contribution in [0, 0.1) is 6.92 Å². The van der Waals surface area contributed by atoms with Crippen molar-refractivity contribution in [1.82, 2.24) is 14.7 Å². The van der Waals surface area contributed by atoms with Crippen molar-refractivity contribution in [3.63, 3.8) is 0 Å². The molecule has 27 heavy (non-hydrogen) atoms. The summed E-state index contributed by atoms with van der Waals surface area (Å²) in [5.74, 6) is 0.124. The second-order valence-electron chi connectivity index (χ2n) is 7.05. The number of halogens is 1. The van der Waals surface area contributed by atoms with E-state index in [1.807, 2.05) is 24.0 Å². The second kappa shape index (κ2) is 9.50. The fourth-order valence-corrected chi connectivity index (χ4v) is 3.50. The molecule has 1 aromatic carbocycles. The highest BCUT2D eigenvalue weighted by Crippen LogP contribution is 2.20. The Kier molecular flexibility index (Phi) is 7.07. The van der Waals surface area contributed by atoms with E-state index in [9.17, 15) is 9.59 Å². The molecule has 1 N–H and O–H groups in total. The molecular weight excluding hydrogens is 368 g/mol. The number of piperazine rings is 1. The molecule has 0 radical (unpaired) electrons. The molecule has 0 bridgehead atoms. The lowest BCUT2D eigenvalue weighted by Crippen LogP contribution is -2.52. The number of anilines is 1. The zero-order chi connectivity index (χ0) is 19.2. The van der Waals surface area contributed by atoms with E-state index in [1.54, 1.807) is 6.07 Å². The molecule has 2 heterocycles. The largest absolute Gasteiger partial charge is 0.378 e. The van der Waals surface area contributed by atoms with E-state index >= 15 is 0 Å². The number of nitrogens with one attached hydrogen (secondary N) is 1. The van der Waals surface area contributed by atoms with Crippen LogP contribution >= 0.6 is 11.6 Å². The van der Waals surface area contributed by atoms with E-state index in [0.717, 1.165) is 37.4 Å². The number of nitrogens with zero attached hydrogens (tertiary/aromatic N) is 3. The summed E-state index contributed by atoms with van der Waals surface area (Å²) in [4.78, 5) is 30.8. The Morgan fingerprint density at radius 2 is 1.67 bits per heavy atom. The van der Waals surface area contributed by atoms with E-state index in [-0.39, 0.29) is 11.8 Å². The van der Waals surface area contributed by atoms with Gasteiger partial charge < -0.3 is 15.0 Å². The third-order valence-corrected chi connectivity index (χ3v) is 5.26. The van der Waals surface area contributed by atoms with Gasteiger partial charge in [-0.2, -0.15) is 0 Å². The average molecular weight is 395 g/mol. The number of aryl methyl sites for hydroxylation is 1. The third kappa shape index (κ3) is 5.90. The van der Waals surface area contributed by atoms with E-state index < -0.39 is 0 Å². The molecule has 148 valence electrons. The van der Waals surface area contributed by atoms with Crippen LogP contribution in [0.15, 0.2) is 18.2 Å². The standard InChI is InChI=1S/C19H27ClN4O3/c1-15-2-3-16(20)12-17(15)21-18(25)13-22-4-6-23(7-5-22)14-19(26)24-8-10-27-11-9-24/h2-3,12H,4-11,13-14H2,1H3,(H,21,25). The lowest BCUT2D eigenvalue weighted by atomic mass is 10.2. The molecule has 3 rings (SSSR count). The van der Waals surface area contributed by atoms with E-state index in [2.05, 4.69) is 15.1 Å². The predicted octanol–water partition coefficient (Wildman–Crippen LogP) is 1.06. The minimum absolute atomic E-state index is 0.0433. The highest BCUT2D eigenvalue weighted by molar-refractivity contribution is 6.31. The molecule has 1 aromatic rings. The first-order chi connectivity index (χ1) is 13.0. The number of hydrogen-bond acceptors (Lipinski definition) is 5. The zero-order valence-corrected chi connectivity index (χ0v) is 16.5. The normalized spacial score (nSPS) is 19.1. The number of morpholine rings is 1. The molecule has 2 saturated heterocycles. The summed E-state index contributed by atoms with van der Waals surface area (Å²) >= 11 is 6.00. The lowest BCUT2D eigenvalue weighted by Gasteiger charge is -2.35. The summed E-state index contributed by atoms with van der Waals surface area (Å²) in [6.45, 7) is 8.48. The van der Waals surface area contributed by atoms with Crippen molar-refractivity contribution >= 4 is 29.1 Å². The molecule has 2 aliphatic rings. The van der Waals surface area contributed by atoms with E-state index in [0.29, 0.717) is 44.4 Å². The Balaban J connectivity index is 1.40. The van der Waals surface area contributed by atoms with Crippen LogP contribution < -0.4 is 5.32 Å². The van der Waals surface area contributed by atoms with Crippen molar-refractivity contribution in [1.29, 1.82) is 0 Å². The summed E-state index contributed by atoms with van der Waals surface area (Å²) in [5.41, 5.74) is 1.74. The van der Waals surface area contributed by atoms with Gasteiger partial charge in [0.25, 0.3) is 0 Å². The van der Waals surface area contributed by atoms with Crippen LogP contribution in [-0.4, -0.2) is 92.1 Å². The highest BCUT2D eigenvalue weighted by Gasteiger charge is 2.23. The first-order valence-electron chi connectivity index (χ1n) is 9.37. The van der Waals surface area contributed by atoms with Crippen molar-refractivity contribution in [2.75, 3.05) is 70.9 Å². The maximum Gasteiger partial charge on any atom is 0.238 e. The number of ether oxygens (including phenoxy) is 1. The number of amides is 2. The molecule has 0 aliphatic carbocycles. The number of hydrogen-bond donors (Lipinski definition) is 1. The van der Waals surface area contributed by atoms with Crippen molar-refractivity contribution in [3.05, 3.63) is 28.8 Å². The van der Waals surface area contributed by atoms with Gasteiger partial charge in [-0.3, -0.25) is 19.4 Å². The summed E-state index contributed by atoms with van der Waals surface area (Å²) in [7, 11) is 0. The monoisotopic (exact) mass is 394 g/mol. The molecule has 0 spiro atoms. The molecule has 7 nitrogen and oxygen atoms in total. The van der Waals surface area contributed by atoms with Gasteiger partial charge in [-0.15, -0.1) is 0 Å². The van der Waals surface area contributed by atoms with E-state index in [4.69, 9.17) is 16.3 Å². The van der Waals surface area contributed by atoms with Crippen LogP contribution in [0.25, 0.3) is 0 Å². The zero-order valence-electron chi connectivity index (χ0n) is 15.7. The molecule has 8 heteroatoms. The van der Waals surface area contributed by atoms with E-state index in [1.165, 1.54) is 0 Å². The van der Waals surface area contributed by atoms with Gasteiger partial charge in [-0.05, 0) is 24.6 Å². The van der Waals surface area contributed by atoms with Crippen molar-refractivity contribution in [3.8, 4) is 0 Å². The Labute approximate surface area is 165 Å². The molecule has 0 unspecified atom stereocenters. The first kappa shape index (κ1) is 20.1. The van der Waals surface area contributed by atoms with Crippen LogP contribution in [0.3, 0.4) is 0 Å². The number of benzene rings is 1. The maximum absolute atomic E-state index is 12.3. The first-order valence-corrected chi connectivity index (χ1v) is 9.75. The molecule has 2 amide bonds. The Hall–Kier alpha value is -1.67. The molecular formula is C19H27ClN4O3. The molecule has 0 saturated carbocycles. The van der Waals surface area contributed by atoms with Gasteiger partial charge in [0.2, 0.25) is 11.8 Å². The predicted molar refractivity (Wildman–Crippen MR) is 105 cm³/mol. The molecule has 2 fully saturated rings. The van der Waals surface area contributed by atoms with Crippen LogP contribution in [0.4, 0.5) is 5.69 Å². The fourth-order valence-electron chi connectivity index (χ4n) is 3.33. The number of carbonyl (C=O) groups excluding carboxylic acids is 2. The van der Waals surface area contributed by atoms with Gasteiger partial charge in [-0.25, -0.2) is 0 Å². The number of carbonyl (C=O) groups is 2. The number of rotatable bonds is 5. The second-order valence-corrected chi connectivity index (χ2v) is 7.49. The van der Waals surface area contributed by atoms with Crippen LogP contribution in [0.1, 0.15) is 5.56 Å². The highest BCUT2D eigenvalue weighted by atomic mass is 35.5. The van der Waals surface area contributed by atoms with Gasteiger partial charge in [-0.1, -0.05) is 17.7 Å². The topological polar surface area (TPSA) is 65.1 Å². The summed E-state index contributed by atoms with van der Waals surface area (Å²) < 4.78 is 5.29. The fraction of sp³-hybridized carbons (Fsp3) is 0.579. The summed E-state index contributed by atoms with van der Waals surface area (Å²) in [6, 6.07) is 5.47. The minimum Gasteiger partial charge on any atom is -0.378 e. The SMILES string of the molecule is Cc1ccc(Cl)cc1NC(=O)CN1CCN(CC(=O)N2CCOCC2)CC1. The van der Waals surface area contributed by atoms with Gasteiger partial charge in [0.1, 0.15) is 0 Å². The summed E-state index contributed by atoms with van der Waals surface area (Å²) in [5, 5.41) is 3.54. The quantitative estimate of drug-likeness (QED) is 0.809. The van der Waals surface area contributed by atoms with Gasteiger partial charge in [0.15, 0.2) is 0 Å². The van der Waals surface area contributed by atoms with Crippen molar-refractivity contribution < 1.29 is 14.3 Å². The Bertz CT molecular complexity index is 671. The molecule has 0 atom stereocenters. The van der Waals surface area contributed by atoms with Gasteiger partial charge >= 0.3 is 0 Å². The van der Waals surface area contributed by atoms with Crippen molar-refractivity contribution in [2.24, 2.45) is 0 Å². The van der Waals surface area contributed by atoms with Gasteiger partial charge in [0.05, 0.1) is 26.3 Å². The van der Waals surface area contributed by atoms with Crippen molar-refractivity contribution in [2.45, 2.75) is 6.92 Å². The van der Waals surface area contributed by atoms with Crippen LogP contribution in [0.2, 0.25) is 5.02 Å². The molecule has 2 aliphatic heterocycles. The van der Waals surface area contributed by atoms with Crippen LogP contribution in [-0.2, 0) is 14.3 Å². The Morgan fingerprint density at radius 3 is 2.33 bits per heavy atom. The maximum atomic E-state index is 12.3. The Morgan fingerprint density at radius 1 is 1.04 bits per heavy atom.